The number of amides is 1. The van der Waals surface area contributed by atoms with E-state index in [2.05, 4.69) is 16.8 Å². The van der Waals surface area contributed by atoms with Gasteiger partial charge in [0.15, 0.2) is 0 Å². The van der Waals surface area contributed by atoms with E-state index in [1.807, 2.05) is 4.90 Å². The average Bonchev–Trinajstić information content (AvgIpc) is 2.30. The summed E-state index contributed by atoms with van der Waals surface area (Å²) >= 11 is 0. The Kier molecular flexibility index (Phi) is 3.59. The van der Waals surface area contributed by atoms with Gasteiger partial charge in [0.25, 0.3) is 0 Å². The minimum atomic E-state index is 0.609. The molecule has 0 aromatic heterocycles. The molecule has 0 radical (unpaired) electrons. The van der Waals surface area contributed by atoms with E-state index in [0.29, 0.717) is 6.04 Å². The Hall–Kier alpha value is -0.610. The maximum absolute atomic E-state index is 10.7. The third-order valence-corrected chi connectivity index (χ3v) is 3.63. The van der Waals surface area contributed by atoms with Crippen molar-refractivity contribution in [2.24, 2.45) is 0 Å². The predicted molar refractivity (Wildman–Crippen MR) is 59.7 cm³/mol. The SMILES string of the molecule is CN1CCN(C2CCCN(C=O)C2)CC1. The Balaban J connectivity index is 1.84. The molecule has 2 fully saturated rings. The number of piperazine rings is 1. The van der Waals surface area contributed by atoms with Crippen molar-refractivity contribution in [2.75, 3.05) is 46.3 Å². The van der Waals surface area contributed by atoms with E-state index in [4.69, 9.17) is 0 Å². The van der Waals surface area contributed by atoms with Gasteiger partial charge in [0.2, 0.25) is 6.41 Å². The van der Waals surface area contributed by atoms with Crippen LogP contribution in [0.3, 0.4) is 0 Å². The van der Waals surface area contributed by atoms with E-state index in [-0.39, 0.29) is 0 Å². The van der Waals surface area contributed by atoms with Crippen LogP contribution in [-0.4, -0.2) is 73.5 Å². The first-order chi connectivity index (χ1) is 7.29. The summed E-state index contributed by atoms with van der Waals surface area (Å²) in [4.78, 5) is 17.6. The summed E-state index contributed by atoms with van der Waals surface area (Å²) in [7, 11) is 2.18. The van der Waals surface area contributed by atoms with Crippen molar-refractivity contribution in [1.82, 2.24) is 14.7 Å². The van der Waals surface area contributed by atoms with Crippen molar-refractivity contribution in [3.05, 3.63) is 0 Å². The number of hydrogen-bond donors (Lipinski definition) is 0. The quantitative estimate of drug-likeness (QED) is 0.595. The van der Waals surface area contributed by atoms with Crippen LogP contribution in [0, 0.1) is 0 Å². The molecule has 0 N–H and O–H groups in total. The third-order valence-electron chi connectivity index (χ3n) is 3.63. The number of hydrogen-bond acceptors (Lipinski definition) is 3. The topological polar surface area (TPSA) is 26.8 Å². The minimum absolute atomic E-state index is 0.609. The fourth-order valence-electron chi connectivity index (χ4n) is 2.56. The number of carbonyl (C=O) groups is 1. The Labute approximate surface area is 91.8 Å². The molecule has 4 heteroatoms. The van der Waals surface area contributed by atoms with Crippen molar-refractivity contribution < 1.29 is 4.79 Å². The van der Waals surface area contributed by atoms with Gasteiger partial charge in [-0.15, -0.1) is 0 Å². The third kappa shape index (κ3) is 2.69. The number of rotatable bonds is 2. The van der Waals surface area contributed by atoms with Gasteiger partial charge in [-0.2, -0.15) is 0 Å². The highest BCUT2D eigenvalue weighted by Crippen LogP contribution is 2.16. The van der Waals surface area contributed by atoms with E-state index in [1.54, 1.807) is 0 Å². The van der Waals surface area contributed by atoms with Crippen LogP contribution in [0.4, 0.5) is 0 Å². The highest BCUT2D eigenvalue weighted by atomic mass is 16.1. The maximum atomic E-state index is 10.7. The van der Waals surface area contributed by atoms with Gasteiger partial charge in [-0.05, 0) is 19.9 Å². The molecule has 0 spiro atoms. The Morgan fingerprint density at radius 2 is 1.87 bits per heavy atom. The van der Waals surface area contributed by atoms with Gasteiger partial charge in [0, 0.05) is 45.3 Å². The summed E-state index contributed by atoms with van der Waals surface area (Å²) in [6.07, 6.45) is 3.42. The lowest BCUT2D eigenvalue weighted by atomic mass is 10.0. The van der Waals surface area contributed by atoms with Crippen LogP contribution in [0.15, 0.2) is 0 Å². The summed E-state index contributed by atoms with van der Waals surface area (Å²) in [5.74, 6) is 0. The second-order valence-corrected chi connectivity index (χ2v) is 4.74. The molecule has 0 aromatic rings. The molecule has 2 heterocycles. The van der Waals surface area contributed by atoms with Gasteiger partial charge in [-0.25, -0.2) is 0 Å². The van der Waals surface area contributed by atoms with Crippen LogP contribution in [0.25, 0.3) is 0 Å². The van der Waals surface area contributed by atoms with E-state index in [9.17, 15) is 4.79 Å². The van der Waals surface area contributed by atoms with Crippen LogP contribution >= 0.6 is 0 Å². The molecule has 15 heavy (non-hydrogen) atoms. The Bertz CT molecular complexity index is 214. The molecular weight excluding hydrogens is 190 g/mol. The molecular formula is C11H21N3O. The summed E-state index contributed by atoms with van der Waals surface area (Å²) in [6.45, 7) is 6.54. The highest BCUT2D eigenvalue weighted by Gasteiger charge is 2.26. The van der Waals surface area contributed by atoms with Crippen LogP contribution in [0.2, 0.25) is 0 Å². The molecule has 2 aliphatic rings. The first-order valence-corrected chi connectivity index (χ1v) is 5.91. The molecule has 0 aliphatic carbocycles. The second-order valence-electron chi connectivity index (χ2n) is 4.74. The standard InChI is InChI=1S/C11H21N3O/c1-12-5-7-14(8-6-12)11-3-2-4-13(9-11)10-15/h10-11H,2-9H2,1H3. The zero-order chi connectivity index (χ0) is 10.7. The van der Waals surface area contributed by atoms with Crippen LogP contribution in [0.1, 0.15) is 12.8 Å². The molecule has 4 nitrogen and oxygen atoms in total. The van der Waals surface area contributed by atoms with E-state index in [1.165, 1.54) is 6.42 Å². The Morgan fingerprint density at radius 3 is 2.53 bits per heavy atom. The first kappa shape index (κ1) is 10.9. The van der Waals surface area contributed by atoms with E-state index >= 15 is 0 Å². The average molecular weight is 211 g/mol. The lowest BCUT2D eigenvalue weighted by Gasteiger charge is -2.41. The van der Waals surface area contributed by atoms with Crippen molar-refractivity contribution >= 4 is 6.41 Å². The van der Waals surface area contributed by atoms with Gasteiger partial charge in [-0.1, -0.05) is 0 Å². The van der Waals surface area contributed by atoms with E-state index in [0.717, 1.165) is 52.1 Å². The van der Waals surface area contributed by atoms with Crippen LogP contribution in [0.5, 0.6) is 0 Å². The van der Waals surface area contributed by atoms with E-state index < -0.39 is 0 Å². The second kappa shape index (κ2) is 4.94. The molecule has 2 rings (SSSR count). The van der Waals surface area contributed by atoms with Crippen molar-refractivity contribution in [2.45, 2.75) is 18.9 Å². The van der Waals surface area contributed by atoms with Crippen molar-refractivity contribution in [3.63, 3.8) is 0 Å². The predicted octanol–water partition coefficient (Wildman–Crippen LogP) is -0.145. The molecule has 0 saturated carbocycles. The first-order valence-electron chi connectivity index (χ1n) is 5.91. The fourth-order valence-corrected chi connectivity index (χ4v) is 2.56. The van der Waals surface area contributed by atoms with Gasteiger partial charge in [0.1, 0.15) is 0 Å². The summed E-state index contributed by atoms with van der Waals surface area (Å²) < 4.78 is 0. The smallest absolute Gasteiger partial charge is 0.209 e. The molecule has 0 bridgehead atoms. The van der Waals surface area contributed by atoms with Gasteiger partial charge >= 0.3 is 0 Å². The van der Waals surface area contributed by atoms with Gasteiger partial charge < -0.3 is 9.80 Å². The lowest BCUT2D eigenvalue weighted by molar-refractivity contribution is -0.120. The monoisotopic (exact) mass is 211 g/mol. The zero-order valence-corrected chi connectivity index (χ0v) is 9.56. The molecule has 86 valence electrons. The van der Waals surface area contributed by atoms with Crippen molar-refractivity contribution in [1.29, 1.82) is 0 Å². The normalized spacial score (nSPS) is 30.5. The number of carbonyl (C=O) groups excluding carboxylic acids is 1. The summed E-state index contributed by atoms with van der Waals surface area (Å²) in [5, 5.41) is 0. The zero-order valence-electron chi connectivity index (χ0n) is 9.56. The number of nitrogens with zero attached hydrogens (tertiary/aromatic N) is 3. The fraction of sp³-hybridized carbons (Fsp3) is 0.909. The lowest BCUT2D eigenvalue weighted by Crippen LogP contribution is -2.54. The summed E-state index contributed by atoms with van der Waals surface area (Å²) in [5.41, 5.74) is 0. The number of piperidine rings is 1. The molecule has 1 atom stereocenters. The minimum Gasteiger partial charge on any atom is -0.344 e. The van der Waals surface area contributed by atoms with Gasteiger partial charge in [-0.3, -0.25) is 9.69 Å². The van der Waals surface area contributed by atoms with Crippen LogP contribution < -0.4 is 0 Å². The number of likely N-dealkylation sites (N-methyl/N-ethyl adjacent to an activating group) is 1. The molecule has 2 aliphatic heterocycles. The maximum Gasteiger partial charge on any atom is 0.209 e. The largest absolute Gasteiger partial charge is 0.344 e. The van der Waals surface area contributed by atoms with Gasteiger partial charge in [0.05, 0.1) is 0 Å². The molecule has 0 aromatic carbocycles. The molecule has 1 amide bonds. The van der Waals surface area contributed by atoms with Crippen molar-refractivity contribution in [3.8, 4) is 0 Å². The molecule has 2 saturated heterocycles. The number of likely N-dealkylation sites (tertiary alicyclic amines) is 1. The highest BCUT2D eigenvalue weighted by molar-refractivity contribution is 5.47. The van der Waals surface area contributed by atoms with Crippen LogP contribution in [-0.2, 0) is 4.79 Å². The summed E-state index contributed by atoms with van der Waals surface area (Å²) in [6, 6.07) is 0.609. The Morgan fingerprint density at radius 1 is 1.13 bits per heavy atom. The molecule has 1 unspecified atom stereocenters.